The van der Waals surface area contributed by atoms with Crippen LogP contribution in [0, 0.1) is 20.8 Å². The number of aryl methyl sites for hydroxylation is 3. The molecule has 0 unspecified atom stereocenters. The second-order valence-corrected chi connectivity index (χ2v) is 10.8. The molecule has 2 aromatic carbocycles. The Hall–Kier alpha value is -3.61. The van der Waals surface area contributed by atoms with Crippen molar-refractivity contribution < 1.29 is 9.59 Å². The van der Waals surface area contributed by atoms with E-state index in [1.54, 1.807) is 9.58 Å². The SMILES string of the molecule is CCCCCN(CC(=O)Nc1cc(C(C)(C)C)nn1-c1ccc(C)cc1C)C(=O)Nc1cccc(C)c1. The Morgan fingerprint density at radius 1 is 0.946 bits per heavy atom. The van der Waals surface area contributed by atoms with E-state index in [1.807, 2.05) is 56.3 Å². The minimum Gasteiger partial charge on any atom is -0.315 e. The van der Waals surface area contributed by atoms with Gasteiger partial charge in [-0.3, -0.25) is 4.79 Å². The smallest absolute Gasteiger partial charge is 0.315 e. The van der Waals surface area contributed by atoms with Gasteiger partial charge in [0, 0.05) is 23.7 Å². The van der Waals surface area contributed by atoms with Crippen LogP contribution in [0.1, 0.15) is 69.3 Å². The Kier molecular flexibility index (Phi) is 9.14. The molecular formula is C30H41N5O2. The largest absolute Gasteiger partial charge is 0.322 e. The van der Waals surface area contributed by atoms with Gasteiger partial charge < -0.3 is 15.5 Å². The van der Waals surface area contributed by atoms with Crippen molar-refractivity contribution in [3.63, 3.8) is 0 Å². The Bertz CT molecular complexity index is 1240. The van der Waals surface area contributed by atoms with E-state index in [4.69, 9.17) is 5.10 Å². The van der Waals surface area contributed by atoms with E-state index >= 15 is 0 Å². The van der Waals surface area contributed by atoms with Crippen LogP contribution in [0.15, 0.2) is 48.5 Å². The Morgan fingerprint density at radius 2 is 1.68 bits per heavy atom. The van der Waals surface area contributed by atoms with Gasteiger partial charge in [-0.25, -0.2) is 9.48 Å². The third-order valence-corrected chi connectivity index (χ3v) is 6.25. The first-order valence-corrected chi connectivity index (χ1v) is 13.1. The maximum Gasteiger partial charge on any atom is 0.322 e. The van der Waals surface area contributed by atoms with Crippen LogP contribution >= 0.6 is 0 Å². The summed E-state index contributed by atoms with van der Waals surface area (Å²) < 4.78 is 1.79. The maximum atomic E-state index is 13.3. The van der Waals surface area contributed by atoms with Gasteiger partial charge in [0.2, 0.25) is 5.91 Å². The zero-order valence-corrected chi connectivity index (χ0v) is 23.3. The zero-order chi connectivity index (χ0) is 27.2. The van der Waals surface area contributed by atoms with Gasteiger partial charge in [0.25, 0.3) is 0 Å². The summed E-state index contributed by atoms with van der Waals surface area (Å²) in [6, 6.07) is 15.5. The highest BCUT2D eigenvalue weighted by molar-refractivity contribution is 5.96. The van der Waals surface area contributed by atoms with Gasteiger partial charge >= 0.3 is 6.03 Å². The number of carbonyl (C=O) groups is 2. The van der Waals surface area contributed by atoms with Gasteiger partial charge in [0.1, 0.15) is 12.4 Å². The number of benzene rings is 2. The molecule has 3 amide bonds. The molecule has 0 saturated heterocycles. The number of urea groups is 1. The highest BCUT2D eigenvalue weighted by Gasteiger charge is 2.23. The van der Waals surface area contributed by atoms with E-state index in [-0.39, 0.29) is 23.9 Å². The standard InChI is InChI=1S/C30H41N5O2/c1-8-9-10-16-34(29(37)31-24-13-11-12-21(2)18-24)20-28(36)32-27-19-26(30(5,6)7)33-35(27)25-15-14-22(3)17-23(25)4/h11-15,17-19H,8-10,16,20H2,1-7H3,(H,31,37)(H,32,36). The number of unbranched alkanes of at least 4 members (excludes halogenated alkanes) is 2. The summed E-state index contributed by atoms with van der Waals surface area (Å²) in [4.78, 5) is 28.0. The summed E-state index contributed by atoms with van der Waals surface area (Å²) in [7, 11) is 0. The molecule has 2 N–H and O–H groups in total. The average Bonchev–Trinajstić information content (AvgIpc) is 3.22. The van der Waals surface area contributed by atoms with Gasteiger partial charge in [-0.05, 0) is 56.5 Å². The van der Waals surface area contributed by atoms with Crippen molar-refractivity contribution in [2.75, 3.05) is 23.7 Å². The molecule has 37 heavy (non-hydrogen) atoms. The van der Waals surface area contributed by atoms with Crippen molar-refractivity contribution in [1.29, 1.82) is 0 Å². The predicted octanol–water partition coefficient (Wildman–Crippen LogP) is 6.76. The lowest BCUT2D eigenvalue weighted by atomic mass is 9.92. The van der Waals surface area contributed by atoms with Crippen LogP contribution in [0.4, 0.5) is 16.3 Å². The first-order chi connectivity index (χ1) is 17.5. The molecule has 0 radical (unpaired) electrons. The number of hydrogen-bond donors (Lipinski definition) is 2. The first-order valence-electron chi connectivity index (χ1n) is 13.1. The number of hydrogen-bond acceptors (Lipinski definition) is 3. The molecule has 0 fully saturated rings. The maximum absolute atomic E-state index is 13.3. The number of rotatable bonds is 9. The van der Waals surface area contributed by atoms with Gasteiger partial charge in [-0.1, -0.05) is 70.4 Å². The number of amides is 3. The highest BCUT2D eigenvalue weighted by Crippen LogP contribution is 2.28. The summed E-state index contributed by atoms with van der Waals surface area (Å²) in [5.41, 5.74) is 5.60. The van der Waals surface area contributed by atoms with Crippen molar-refractivity contribution in [2.45, 2.75) is 73.1 Å². The molecule has 7 nitrogen and oxygen atoms in total. The molecule has 3 rings (SSSR count). The van der Waals surface area contributed by atoms with Crippen LogP contribution in [0.25, 0.3) is 5.69 Å². The van der Waals surface area contributed by atoms with Crippen LogP contribution < -0.4 is 10.6 Å². The van der Waals surface area contributed by atoms with E-state index in [0.717, 1.165) is 47.3 Å². The van der Waals surface area contributed by atoms with E-state index in [9.17, 15) is 9.59 Å². The summed E-state index contributed by atoms with van der Waals surface area (Å²) in [5.74, 6) is 0.330. The van der Waals surface area contributed by atoms with Crippen molar-refractivity contribution in [1.82, 2.24) is 14.7 Å². The molecule has 1 heterocycles. The van der Waals surface area contributed by atoms with Crippen molar-refractivity contribution in [3.05, 3.63) is 70.9 Å². The van der Waals surface area contributed by atoms with E-state index < -0.39 is 0 Å². The fraction of sp³-hybridized carbons (Fsp3) is 0.433. The predicted molar refractivity (Wildman–Crippen MR) is 152 cm³/mol. The third kappa shape index (κ3) is 7.68. The number of carbonyl (C=O) groups excluding carboxylic acids is 2. The molecule has 198 valence electrons. The number of nitrogens with one attached hydrogen (secondary N) is 2. The minimum atomic E-state index is -0.282. The quantitative estimate of drug-likeness (QED) is 0.317. The van der Waals surface area contributed by atoms with Crippen LogP contribution in [0.2, 0.25) is 0 Å². The molecule has 0 spiro atoms. The molecule has 0 aliphatic carbocycles. The van der Waals surface area contributed by atoms with Crippen LogP contribution in [-0.4, -0.2) is 39.7 Å². The van der Waals surface area contributed by atoms with E-state index in [2.05, 4.69) is 51.3 Å². The van der Waals surface area contributed by atoms with Crippen LogP contribution in [-0.2, 0) is 10.2 Å². The topological polar surface area (TPSA) is 79.3 Å². The monoisotopic (exact) mass is 503 g/mol. The lowest BCUT2D eigenvalue weighted by Gasteiger charge is -2.23. The number of anilines is 2. The molecule has 7 heteroatoms. The summed E-state index contributed by atoms with van der Waals surface area (Å²) in [6.07, 6.45) is 2.86. The van der Waals surface area contributed by atoms with E-state index in [1.165, 1.54) is 0 Å². The minimum absolute atomic E-state index is 0.0513. The third-order valence-electron chi connectivity index (χ3n) is 6.25. The molecular weight excluding hydrogens is 462 g/mol. The first kappa shape index (κ1) is 28.0. The van der Waals surface area contributed by atoms with Crippen molar-refractivity contribution in [3.8, 4) is 5.69 Å². The summed E-state index contributed by atoms with van der Waals surface area (Å²) in [5, 5.41) is 10.8. The second kappa shape index (κ2) is 12.1. The molecule has 0 aliphatic heterocycles. The lowest BCUT2D eigenvalue weighted by molar-refractivity contribution is -0.116. The van der Waals surface area contributed by atoms with Gasteiger partial charge in [0.05, 0.1) is 11.4 Å². The lowest BCUT2D eigenvalue weighted by Crippen LogP contribution is -2.41. The second-order valence-electron chi connectivity index (χ2n) is 10.8. The van der Waals surface area contributed by atoms with Crippen LogP contribution in [0.3, 0.4) is 0 Å². The molecule has 0 saturated carbocycles. The summed E-state index contributed by atoms with van der Waals surface area (Å²) >= 11 is 0. The van der Waals surface area contributed by atoms with Crippen LogP contribution in [0.5, 0.6) is 0 Å². The average molecular weight is 504 g/mol. The van der Waals surface area contributed by atoms with Gasteiger partial charge in [-0.15, -0.1) is 0 Å². The molecule has 0 aliphatic rings. The molecule has 0 bridgehead atoms. The van der Waals surface area contributed by atoms with Crippen molar-refractivity contribution >= 4 is 23.4 Å². The molecule has 0 atom stereocenters. The molecule has 1 aromatic heterocycles. The Labute approximate surface area is 221 Å². The fourth-order valence-corrected chi connectivity index (χ4v) is 4.15. The Morgan fingerprint density at radius 3 is 2.32 bits per heavy atom. The number of aromatic nitrogens is 2. The Balaban J connectivity index is 1.83. The van der Waals surface area contributed by atoms with Gasteiger partial charge in [-0.2, -0.15) is 5.10 Å². The zero-order valence-electron chi connectivity index (χ0n) is 23.3. The fourth-order valence-electron chi connectivity index (χ4n) is 4.15. The normalized spacial score (nSPS) is 11.3. The van der Waals surface area contributed by atoms with E-state index in [0.29, 0.717) is 18.1 Å². The molecule has 3 aromatic rings. The van der Waals surface area contributed by atoms with Gasteiger partial charge in [0.15, 0.2) is 0 Å². The highest BCUT2D eigenvalue weighted by atomic mass is 16.2. The summed E-state index contributed by atoms with van der Waals surface area (Å²) in [6.45, 7) is 14.9. The van der Waals surface area contributed by atoms with Crippen molar-refractivity contribution in [2.24, 2.45) is 0 Å². The number of nitrogens with zero attached hydrogens (tertiary/aromatic N) is 3.